The largest absolute Gasteiger partial charge is 0.496 e. The molecule has 4 nitrogen and oxygen atoms in total. The topological polar surface area (TPSA) is 55.4 Å². The van der Waals surface area contributed by atoms with E-state index in [1.54, 1.807) is 18.2 Å². The Morgan fingerprint density at radius 2 is 1.85 bits per heavy atom. The molecular weight excluding hydrogens is 342 g/mol. The first kappa shape index (κ1) is 14.9. The minimum absolute atomic E-state index is 0.154. The van der Waals surface area contributed by atoms with Gasteiger partial charge in [-0.25, -0.2) is 8.42 Å². The molecule has 0 aromatic heterocycles. The lowest BCUT2D eigenvalue weighted by Crippen LogP contribution is -2.13. The molecule has 20 heavy (non-hydrogen) atoms. The number of sulfonamides is 1. The fourth-order valence-electron chi connectivity index (χ4n) is 1.70. The van der Waals surface area contributed by atoms with Crippen molar-refractivity contribution >= 4 is 31.6 Å². The number of ether oxygens (including phenoxy) is 1. The molecule has 0 atom stereocenters. The second-order valence-corrected chi connectivity index (χ2v) is 6.75. The molecule has 0 bridgehead atoms. The summed E-state index contributed by atoms with van der Waals surface area (Å²) in [4.78, 5) is 0.154. The maximum atomic E-state index is 12.4. The van der Waals surface area contributed by atoms with E-state index < -0.39 is 10.0 Å². The Hall–Kier alpha value is -1.53. The summed E-state index contributed by atoms with van der Waals surface area (Å²) >= 11 is 3.30. The molecule has 1 N–H and O–H groups in total. The second-order valence-electron chi connectivity index (χ2n) is 4.22. The Labute approximate surface area is 127 Å². The van der Waals surface area contributed by atoms with Crippen LogP contribution in [-0.2, 0) is 10.0 Å². The van der Waals surface area contributed by atoms with E-state index in [2.05, 4.69) is 20.7 Å². The third-order valence-corrected chi connectivity index (χ3v) is 4.84. The molecular formula is C14H14BrNO3S. The lowest BCUT2D eigenvalue weighted by atomic mass is 10.2. The molecule has 0 saturated carbocycles. The van der Waals surface area contributed by atoms with Crippen molar-refractivity contribution in [2.75, 3.05) is 11.8 Å². The van der Waals surface area contributed by atoms with Crippen LogP contribution < -0.4 is 9.46 Å². The smallest absolute Gasteiger partial charge is 0.262 e. The first-order chi connectivity index (χ1) is 9.44. The fourth-order valence-corrected chi connectivity index (χ4v) is 3.25. The zero-order chi connectivity index (χ0) is 14.8. The Balaban J connectivity index is 2.38. The van der Waals surface area contributed by atoms with E-state index in [0.717, 1.165) is 5.56 Å². The fraction of sp³-hybridized carbons (Fsp3) is 0.143. The van der Waals surface area contributed by atoms with Crippen LogP contribution in [0.25, 0.3) is 0 Å². The number of nitrogens with one attached hydrogen (secondary N) is 1. The first-order valence-corrected chi connectivity index (χ1v) is 8.13. The van der Waals surface area contributed by atoms with Crippen molar-refractivity contribution in [1.82, 2.24) is 0 Å². The Morgan fingerprint density at radius 3 is 2.50 bits per heavy atom. The summed E-state index contributed by atoms with van der Waals surface area (Å²) in [5, 5.41) is 0. The van der Waals surface area contributed by atoms with Gasteiger partial charge in [0.05, 0.1) is 22.2 Å². The van der Waals surface area contributed by atoms with E-state index in [1.807, 2.05) is 19.1 Å². The van der Waals surface area contributed by atoms with Gasteiger partial charge in [0.25, 0.3) is 10.0 Å². The van der Waals surface area contributed by atoms with Gasteiger partial charge in [-0.1, -0.05) is 18.2 Å². The highest BCUT2D eigenvalue weighted by Crippen LogP contribution is 2.28. The Kier molecular flexibility index (Phi) is 4.35. The van der Waals surface area contributed by atoms with E-state index >= 15 is 0 Å². The van der Waals surface area contributed by atoms with Crippen LogP contribution in [-0.4, -0.2) is 15.5 Å². The zero-order valence-electron chi connectivity index (χ0n) is 11.1. The summed E-state index contributed by atoms with van der Waals surface area (Å²) in [5.74, 6) is 0.470. The molecule has 0 saturated heterocycles. The summed E-state index contributed by atoms with van der Waals surface area (Å²) in [6, 6.07) is 11.9. The average Bonchev–Trinajstić information content (AvgIpc) is 2.41. The highest BCUT2D eigenvalue weighted by Gasteiger charge is 2.17. The minimum atomic E-state index is -3.64. The lowest BCUT2D eigenvalue weighted by molar-refractivity contribution is 0.411. The highest BCUT2D eigenvalue weighted by atomic mass is 79.9. The number of aryl methyl sites for hydroxylation is 1. The summed E-state index contributed by atoms with van der Waals surface area (Å²) in [6.45, 7) is 1.85. The molecule has 0 amide bonds. The summed E-state index contributed by atoms with van der Waals surface area (Å²) < 4.78 is 33.1. The van der Waals surface area contributed by atoms with Crippen LogP contribution in [0.5, 0.6) is 5.75 Å². The number of anilines is 1. The molecule has 0 radical (unpaired) electrons. The van der Waals surface area contributed by atoms with Crippen molar-refractivity contribution in [3.8, 4) is 5.75 Å². The minimum Gasteiger partial charge on any atom is -0.496 e. The van der Waals surface area contributed by atoms with Crippen molar-refractivity contribution in [3.63, 3.8) is 0 Å². The lowest BCUT2D eigenvalue weighted by Gasteiger charge is -2.11. The molecule has 0 unspecified atom stereocenters. The number of para-hydroxylation sites is 1. The van der Waals surface area contributed by atoms with Gasteiger partial charge in [0, 0.05) is 6.07 Å². The van der Waals surface area contributed by atoms with E-state index in [4.69, 9.17) is 4.74 Å². The standard InChI is InChI=1S/C14H14BrNO3S/c1-10-5-3-4-6-13(10)16-20(17,18)11-7-8-12(15)14(9-11)19-2/h3-9,16H,1-2H3. The van der Waals surface area contributed by atoms with Gasteiger partial charge in [-0.2, -0.15) is 0 Å². The number of halogens is 1. The van der Waals surface area contributed by atoms with Gasteiger partial charge in [0.2, 0.25) is 0 Å². The van der Waals surface area contributed by atoms with Crippen LogP contribution in [0.4, 0.5) is 5.69 Å². The van der Waals surface area contributed by atoms with Crippen LogP contribution in [0.1, 0.15) is 5.56 Å². The monoisotopic (exact) mass is 355 g/mol. The van der Waals surface area contributed by atoms with Gasteiger partial charge in [-0.15, -0.1) is 0 Å². The molecule has 2 aromatic carbocycles. The molecule has 2 rings (SSSR count). The van der Waals surface area contributed by atoms with Crippen LogP contribution >= 0.6 is 15.9 Å². The molecule has 0 aliphatic rings. The van der Waals surface area contributed by atoms with E-state index in [0.29, 0.717) is 15.9 Å². The molecule has 0 aliphatic carbocycles. The predicted molar refractivity (Wildman–Crippen MR) is 82.7 cm³/mol. The zero-order valence-corrected chi connectivity index (χ0v) is 13.5. The van der Waals surface area contributed by atoms with Gasteiger partial charge in [0.15, 0.2) is 0 Å². The first-order valence-electron chi connectivity index (χ1n) is 5.86. The van der Waals surface area contributed by atoms with Crippen molar-refractivity contribution in [1.29, 1.82) is 0 Å². The Morgan fingerprint density at radius 1 is 1.15 bits per heavy atom. The van der Waals surface area contributed by atoms with E-state index in [-0.39, 0.29) is 4.90 Å². The summed E-state index contributed by atoms with van der Waals surface area (Å²) in [6.07, 6.45) is 0. The third kappa shape index (κ3) is 3.13. The summed E-state index contributed by atoms with van der Waals surface area (Å²) in [7, 11) is -2.14. The summed E-state index contributed by atoms with van der Waals surface area (Å²) in [5.41, 5.74) is 1.43. The number of rotatable bonds is 4. The number of hydrogen-bond donors (Lipinski definition) is 1. The van der Waals surface area contributed by atoms with Gasteiger partial charge in [0.1, 0.15) is 5.75 Å². The quantitative estimate of drug-likeness (QED) is 0.911. The molecule has 2 aromatic rings. The third-order valence-electron chi connectivity index (χ3n) is 2.82. The van der Waals surface area contributed by atoms with Gasteiger partial charge in [-0.3, -0.25) is 4.72 Å². The van der Waals surface area contributed by atoms with Crippen LogP contribution in [0.2, 0.25) is 0 Å². The van der Waals surface area contributed by atoms with Crippen LogP contribution in [0, 0.1) is 6.92 Å². The average molecular weight is 356 g/mol. The van der Waals surface area contributed by atoms with Crippen molar-refractivity contribution < 1.29 is 13.2 Å². The van der Waals surface area contributed by atoms with Crippen molar-refractivity contribution in [3.05, 3.63) is 52.5 Å². The Bertz CT molecular complexity index is 729. The van der Waals surface area contributed by atoms with E-state index in [1.165, 1.54) is 19.2 Å². The molecule has 0 aliphatic heterocycles. The molecule has 0 heterocycles. The predicted octanol–water partition coefficient (Wildman–Crippen LogP) is 3.57. The van der Waals surface area contributed by atoms with Crippen LogP contribution in [0.3, 0.4) is 0 Å². The van der Waals surface area contributed by atoms with Gasteiger partial charge >= 0.3 is 0 Å². The van der Waals surface area contributed by atoms with Crippen molar-refractivity contribution in [2.45, 2.75) is 11.8 Å². The van der Waals surface area contributed by atoms with E-state index in [9.17, 15) is 8.42 Å². The van der Waals surface area contributed by atoms with Crippen molar-refractivity contribution in [2.24, 2.45) is 0 Å². The maximum absolute atomic E-state index is 12.4. The second kappa shape index (κ2) is 5.85. The number of benzene rings is 2. The van der Waals surface area contributed by atoms with Crippen LogP contribution in [0.15, 0.2) is 51.8 Å². The number of methoxy groups -OCH3 is 1. The maximum Gasteiger partial charge on any atom is 0.262 e. The molecule has 0 fully saturated rings. The SMILES string of the molecule is COc1cc(S(=O)(=O)Nc2ccccc2C)ccc1Br. The number of hydrogen-bond acceptors (Lipinski definition) is 3. The van der Waals surface area contributed by atoms with Gasteiger partial charge in [-0.05, 0) is 46.6 Å². The molecule has 6 heteroatoms. The van der Waals surface area contributed by atoms with Gasteiger partial charge < -0.3 is 4.74 Å². The highest BCUT2D eigenvalue weighted by molar-refractivity contribution is 9.10. The molecule has 106 valence electrons. The normalized spacial score (nSPS) is 11.2. The molecule has 0 spiro atoms.